The molecule has 6 heteroatoms. The highest BCUT2D eigenvalue weighted by molar-refractivity contribution is 7.71. The molecule has 0 bridgehead atoms. The first-order valence-electron chi connectivity index (χ1n) is 4.47. The summed E-state index contributed by atoms with van der Waals surface area (Å²) in [5.74, 6) is 0.345. The minimum absolute atomic E-state index is 0.168. The van der Waals surface area contributed by atoms with Crippen molar-refractivity contribution in [3.63, 3.8) is 0 Å². The maximum Gasteiger partial charge on any atom is 0.284 e. The molecule has 0 amide bonds. The van der Waals surface area contributed by atoms with Gasteiger partial charge in [0.05, 0.1) is 0 Å². The second-order valence-electron chi connectivity index (χ2n) is 3.21. The Bertz CT molecular complexity index is 713. The molecule has 2 aromatic heterocycles. The number of halogens is 1. The topological polar surface area (TPSA) is 55.0 Å². The zero-order valence-corrected chi connectivity index (χ0v) is 8.68. The van der Waals surface area contributed by atoms with Gasteiger partial charge in [0.25, 0.3) is 10.7 Å². The third-order valence-electron chi connectivity index (χ3n) is 2.13. The normalized spacial score (nSPS) is 11.1. The quantitative estimate of drug-likeness (QED) is 0.659. The SMILES string of the molecule is Fc1ccc2oc(-c3n[nH]c(=S)o3)cc2c1. The predicted octanol–water partition coefficient (Wildman–Crippen LogP) is 3.28. The number of hydrogen-bond acceptors (Lipinski definition) is 4. The molecule has 0 aliphatic rings. The second kappa shape index (κ2) is 3.28. The van der Waals surface area contributed by atoms with Gasteiger partial charge in [-0.05, 0) is 36.5 Å². The van der Waals surface area contributed by atoms with E-state index in [1.807, 2.05) is 0 Å². The number of fused-ring (bicyclic) bond motifs is 1. The molecule has 1 aromatic carbocycles. The maximum atomic E-state index is 12.9. The summed E-state index contributed by atoms with van der Waals surface area (Å²) in [5.41, 5.74) is 0.570. The molecule has 0 aliphatic heterocycles. The van der Waals surface area contributed by atoms with Crippen LogP contribution < -0.4 is 0 Å². The van der Waals surface area contributed by atoms with Crippen molar-refractivity contribution >= 4 is 23.2 Å². The number of rotatable bonds is 1. The summed E-state index contributed by atoms with van der Waals surface area (Å²) in [5, 5.41) is 6.96. The lowest BCUT2D eigenvalue weighted by molar-refractivity contribution is 0.520. The van der Waals surface area contributed by atoms with Gasteiger partial charge in [-0.1, -0.05) is 0 Å². The van der Waals surface area contributed by atoms with E-state index in [2.05, 4.69) is 10.2 Å². The van der Waals surface area contributed by atoms with Gasteiger partial charge in [-0.3, -0.25) is 0 Å². The highest BCUT2D eigenvalue weighted by atomic mass is 32.1. The smallest absolute Gasteiger partial charge is 0.284 e. The molecule has 0 aliphatic carbocycles. The van der Waals surface area contributed by atoms with Crippen molar-refractivity contribution in [2.45, 2.75) is 0 Å². The first-order chi connectivity index (χ1) is 7.72. The largest absolute Gasteiger partial charge is 0.451 e. The molecule has 16 heavy (non-hydrogen) atoms. The van der Waals surface area contributed by atoms with Crippen LogP contribution in [0, 0.1) is 10.7 Å². The molecular formula is C10H5FN2O2S. The fraction of sp³-hybridized carbons (Fsp3) is 0. The van der Waals surface area contributed by atoms with E-state index in [0.29, 0.717) is 16.7 Å². The summed E-state index contributed by atoms with van der Waals surface area (Å²) in [4.78, 5) is 0.168. The van der Waals surface area contributed by atoms with Crippen molar-refractivity contribution in [2.75, 3.05) is 0 Å². The van der Waals surface area contributed by atoms with E-state index in [-0.39, 0.29) is 16.5 Å². The standard InChI is InChI=1S/C10H5FN2O2S/c11-6-1-2-7-5(3-6)4-8(14-7)9-12-13-10(16)15-9/h1-4H,(H,13,16). The van der Waals surface area contributed by atoms with Crippen molar-refractivity contribution in [3.05, 3.63) is 34.9 Å². The van der Waals surface area contributed by atoms with Gasteiger partial charge >= 0.3 is 0 Å². The first kappa shape index (κ1) is 9.29. The van der Waals surface area contributed by atoms with Crippen molar-refractivity contribution < 1.29 is 13.2 Å². The highest BCUT2D eigenvalue weighted by Gasteiger charge is 2.11. The Morgan fingerprint density at radius 1 is 1.25 bits per heavy atom. The molecule has 80 valence electrons. The van der Waals surface area contributed by atoms with Crippen LogP contribution in [0.1, 0.15) is 0 Å². The molecule has 1 N–H and O–H groups in total. The molecule has 0 unspecified atom stereocenters. The number of furan rings is 1. The number of H-pyrrole nitrogens is 1. The van der Waals surface area contributed by atoms with E-state index < -0.39 is 0 Å². The lowest BCUT2D eigenvalue weighted by Gasteiger charge is -1.86. The van der Waals surface area contributed by atoms with Gasteiger partial charge in [0.15, 0.2) is 5.76 Å². The minimum Gasteiger partial charge on any atom is -0.451 e. The number of nitrogens with zero attached hydrogens (tertiary/aromatic N) is 1. The monoisotopic (exact) mass is 236 g/mol. The number of benzene rings is 1. The number of nitrogens with one attached hydrogen (secondary N) is 1. The van der Waals surface area contributed by atoms with Crippen LogP contribution in [0.3, 0.4) is 0 Å². The van der Waals surface area contributed by atoms with Gasteiger partial charge < -0.3 is 8.83 Å². The second-order valence-corrected chi connectivity index (χ2v) is 3.58. The van der Waals surface area contributed by atoms with Crippen molar-refractivity contribution in [1.29, 1.82) is 0 Å². The van der Waals surface area contributed by atoms with E-state index in [1.165, 1.54) is 12.1 Å². The zero-order valence-electron chi connectivity index (χ0n) is 7.86. The molecule has 0 radical (unpaired) electrons. The summed E-state index contributed by atoms with van der Waals surface area (Å²) >= 11 is 4.75. The Labute approximate surface area is 93.7 Å². The zero-order chi connectivity index (χ0) is 11.1. The summed E-state index contributed by atoms with van der Waals surface area (Å²) in [6.07, 6.45) is 0. The predicted molar refractivity (Wildman–Crippen MR) is 56.9 cm³/mol. The summed E-state index contributed by atoms with van der Waals surface area (Å²) in [6, 6.07) is 5.90. The first-order valence-corrected chi connectivity index (χ1v) is 4.88. The Balaban J connectivity index is 2.22. The maximum absolute atomic E-state index is 12.9. The lowest BCUT2D eigenvalue weighted by atomic mass is 10.2. The fourth-order valence-electron chi connectivity index (χ4n) is 1.45. The lowest BCUT2D eigenvalue weighted by Crippen LogP contribution is -1.71. The minimum atomic E-state index is -0.317. The van der Waals surface area contributed by atoms with Crippen LogP contribution in [0.25, 0.3) is 22.6 Å². The van der Waals surface area contributed by atoms with E-state index in [1.54, 1.807) is 12.1 Å². The van der Waals surface area contributed by atoms with E-state index >= 15 is 0 Å². The molecule has 3 rings (SSSR count). The van der Waals surface area contributed by atoms with Gasteiger partial charge in [0.2, 0.25) is 0 Å². The summed E-state index contributed by atoms with van der Waals surface area (Å²) in [6.45, 7) is 0. The van der Waals surface area contributed by atoms with E-state index in [4.69, 9.17) is 21.1 Å². The van der Waals surface area contributed by atoms with Crippen LogP contribution in [-0.4, -0.2) is 10.2 Å². The molecule has 0 atom stereocenters. The van der Waals surface area contributed by atoms with E-state index in [9.17, 15) is 4.39 Å². The van der Waals surface area contributed by atoms with Crippen molar-refractivity contribution in [1.82, 2.24) is 10.2 Å². The Kier molecular flexibility index (Phi) is 1.90. The van der Waals surface area contributed by atoms with Gasteiger partial charge in [0, 0.05) is 5.39 Å². The fourth-order valence-corrected chi connectivity index (χ4v) is 1.58. The molecule has 4 nitrogen and oxygen atoms in total. The number of hydrogen-bond donors (Lipinski definition) is 1. The van der Waals surface area contributed by atoms with Crippen molar-refractivity contribution in [3.8, 4) is 11.7 Å². The molecular weight excluding hydrogens is 231 g/mol. The Morgan fingerprint density at radius 3 is 2.88 bits per heavy atom. The molecule has 0 saturated heterocycles. The van der Waals surface area contributed by atoms with Crippen LogP contribution in [0.5, 0.6) is 0 Å². The van der Waals surface area contributed by atoms with E-state index in [0.717, 1.165) is 0 Å². The Hall–Kier alpha value is -1.95. The average molecular weight is 236 g/mol. The van der Waals surface area contributed by atoms with Crippen LogP contribution >= 0.6 is 12.2 Å². The Morgan fingerprint density at radius 2 is 2.12 bits per heavy atom. The third-order valence-corrected chi connectivity index (χ3v) is 2.30. The van der Waals surface area contributed by atoms with Crippen molar-refractivity contribution in [2.24, 2.45) is 0 Å². The van der Waals surface area contributed by atoms with Gasteiger partial charge in [-0.2, -0.15) is 0 Å². The molecule has 0 saturated carbocycles. The van der Waals surface area contributed by atoms with Gasteiger partial charge in [-0.25, -0.2) is 9.49 Å². The van der Waals surface area contributed by atoms with Crippen LogP contribution in [0.15, 0.2) is 33.1 Å². The summed E-state index contributed by atoms with van der Waals surface area (Å²) < 4.78 is 23.5. The molecule has 0 spiro atoms. The highest BCUT2D eigenvalue weighted by Crippen LogP contribution is 2.26. The third kappa shape index (κ3) is 1.43. The van der Waals surface area contributed by atoms with Crippen LogP contribution in [0.4, 0.5) is 4.39 Å². The van der Waals surface area contributed by atoms with Crippen LogP contribution in [-0.2, 0) is 0 Å². The average Bonchev–Trinajstić information content (AvgIpc) is 2.83. The molecule has 2 heterocycles. The summed E-state index contributed by atoms with van der Waals surface area (Å²) in [7, 11) is 0. The number of aromatic nitrogens is 2. The molecule has 3 aromatic rings. The number of aromatic amines is 1. The van der Waals surface area contributed by atoms with Gasteiger partial charge in [0.1, 0.15) is 11.4 Å². The van der Waals surface area contributed by atoms with Crippen LogP contribution in [0.2, 0.25) is 0 Å². The molecule has 0 fully saturated rings. The van der Waals surface area contributed by atoms with Gasteiger partial charge in [-0.15, -0.1) is 5.10 Å².